The number of halogens is 4. The summed E-state index contributed by atoms with van der Waals surface area (Å²) in [6, 6.07) is 6.51. The molecule has 0 aromatic heterocycles. The van der Waals surface area contributed by atoms with Crippen LogP contribution in [0.3, 0.4) is 0 Å². The Labute approximate surface area is 161 Å². The Kier molecular flexibility index (Phi) is 6.78. The Morgan fingerprint density at radius 2 is 2.00 bits per heavy atom. The van der Waals surface area contributed by atoms with Crippen molar-refractivity contribution in [1.29, 1.82) is 0 Å². The van der Waals surface area contributed by atoms with Gasteiger partial charge in [0.05, 0.1) is 5.69 Å². The van der Waals surface area contributed by atoms with Gasteiger partial charge in [-0.3, -0.25) is 4.99 Å². The van der Waals surface area contributed by atoms with Gasteiger partial charge in [0.15, 0.2) is 11.7 Å². The van der Waals surface area contributed by atoms with Crippen LogP contribution in [0.1, 0.15) is 19.3 Å². The van der Waals surface area contributed by atoms with Gasteiger partial charge in [-0.25, -0.2) is 0 Å². The number of ether oxygens (including phenoxy) is 1. The number of guanidine groups is 1. The van der Waals surface area contributed by atoms with Crippen LogP contribution < -0.4 is 15.8 Å². The molecule has 140 valence electrons. The third kappa shape index (κ3) is 6.21. The minimum atomic E-state index is -4.75. The van der Waals surface area contributed by atoms with Crippen LogP contribution in [-0.4, -0.2) is 42.9 Å². The van der Waals surface area contributed by atoms with Gasteiger partial charge >= 0.3 is 6.36 Å². The third-order valence-electron chi connectivity index (χ3n) is 4.28. The molecule has 0 spiro atoms. The number of hydrogen-bond donors (Lipinski definition) is 2. The van der Waals surface area contributed by atoms with E-state index in [0.29, 0.717) is 12.5 Å². The van der Waals surface area contributed by atoms with Gasteiger partial charge in [0.1, 0.15) is 0 Å². The number of hydrogen-bond acceptors (Lipinski definition) is 3. The van der Waals surface area contributed by atoms with Crippen LogP contribution in [0.2, 0.25) is 0 Å². The zero-order chi connectivity index (χ0) is 17.2. The van der Waals surface area contributed by atoms with Crippen molar-refractivity contribution < 1.29 is 17.9 Å². The fourth-order valence-corrected chi connectivity index (χ4v) is 2.97. The topological polar surface area (TPSA) is 62.9 Å². The van der Waals surface area contributed by atoms with Gasteiger partial charge in [-0.1, -0.05) is 12.1 Å². The minimum absolute atomic E-state index is 0. The molecule has 2 aliphatic rings. The van der Waals surface area contributed by atoms with Gasteiger partial charge in [0.25, 0.3) is 0 Å². The Hall–Kier alpha value is -1.23. The van der Waals surface area contributed by atoms with Crippen LogP contribution in [0.25, 0.3) is 0 Å². The fourth-order valence-electron chi connectivity index (χ4n) is 2.97. The molecule has 1 saturated heterocycles. The number of aliphatic imine (C=N–C) groups is 1. The lowest BCUT2D eigenvalue weighted by Crippen LogP contribution is -2.26. The van der Waals surface area contributed by atoms with Gasteiger partial charge in [0.2, 0.25) is 0 Å². The van der Waals surface area contributed by atoms with Gasteiger partial charge in [0, 0.05) is 19.1 Å². The predicted molar refractivity (Wildman–Crippen MR) is 101 cm³/mol. The Bertz CT molecular complexity index is 607. The molecule has 3 rings (SSSR count). The number of benzene rings is 1. The van der Waals surface area contributed by atoms with Crippen LogP contribution in [0.4, 0.5) is 18.9 Å². The van der Waals surface area contributed by atoms with Crippen molar-refractivity contribution in [2.24, 2.45) is 16.6 Å². The molecule has 5 nitrogen and oxygen atoms in total. The zero-order valence-corrected chi connectivity index (χ0v) is 16.0. The number of likely N-dealkylation sites (tertiary alicyclic amines) is 1. The van der Waals surface area contributed by atoms with Crippen molar-refractivity contribution in [1.82, 2.24) is 4.90 Å². The van der Waals surface area contributed by atoms with Crippen LogP contribution in [0, 0.1) is 5.92 Å². The van der Waals surface area contributed by atoms with Crippen molar-refractivity contribution in [3.63, 3.8) is 0 Å². The third-order valence-corrected chi connectivity index (χ3v) is 4.28. The van der Waals surface area contributed by atoms with E-state index in [2.05, 4.69) is 19.9 Å². The predicted octanol–water partition coefficient (Wildman–Crippen LogP) is 3.41. The number of nitrogens with zero attached hydrogens (tertiary/aromatic N) is 2. The maximum Gasteiger partial charge on any atom is 0.573 e. The molecule has 0 amide bonds. The van der Waals surface area contributed by atoms with E-state index < -0.39 is 6.36 Å². The summed E-state index contributed by atoms with van der Waals surface area (Å²) in [4.78, 5) is 6.76. The summed E-state index contributed by atoms with van der Waals surface area (Å²) in [6.07, 6.45) is -1.09. The van der Waals surface area contributed by atoms with Gasteiger partial charge < -0.3 is 20.7 Å². The second-order valence-electron chi connectivity index (χ2n) is 6.28. The largest absolute Gasteiger partial charge is 0.573 e. The van der Waals surface area contributed by atoms with Gasteiger partial charge in [-0.05, 0) is 43.9 Å². The van der Waals surface area contributed by atoms with Crippen molar-refractivity contribution >= 4 is 35.6 Å². The number of anilines is 1. The van der Waals surface area contributed by atoms with Crippen molar-refractivity contribution in [3.8, 4) is 5.75 Å². The molecule has 2 fully saturated rings. The Balaban J connectivity index is 0.00000225. The van der Waals surface area contributed by atoms with Crippen LogP contribution in [0.15, 0.2) is 29.3 Å². The first kappa shape index (κ1) is 20.1. The Morgan fingerprint density at radius 3 is 2.68 bits per heavy atom. The van der Waals surface area contributed by atoms with Gasteiger partial charge in [-0.15, -0.1) is 37.1 Å². The highest BCUT2D eigenvalue weighted by Gasteiger charge is 2.34. The number of nitrogens with two attached hydrogens (primary N) is 1. The molecule has 1 aromatic carbocycles. The molecule has 1 atom stereocenters. The molecule has 1 aromatic rings. The molecule has 1 unspecified atom stereocenters. The summed E-state index contributed by atoms with van der Waals surface area (Å²) in [5.41, 5.74) is 5.95. The molecule has 0 bridgehead atoms. The quantitative estimate of drug-likeness (QED) is 0.394. The Morgan fingerprint density at radius 1 is 1.28 bits per heavy atom. The summed E-state index contributed by atoms with van der Waals surface area (Å²) in [5, 5.41) is 2.69. The standard InChI is InChI=1S/C16H21F3N4O.HI/c17-16(18,19)24-14-4-2-1-3-13(14)22-15(20)21-9-11-7-8-23(10-11)12-5-6-12;/h1-4,11-12H,5-10H2,(H3,20,21,22);1H. The first-order chi connectivity index (χ1) is 11.4. The van der Waals surface area contributed by atoms with E-state index in [1.807, 2.05) is 0 Å². The smallest absolute Gasteiger partial charge is 0.404 e. The molecular weight excluding hydrogens is 448 g/mol. The van der Waals surface area contributed by atoms with E-state index in [4.69, 9.17) is 5.73 Å². The molecule has 1 aliphatic carbocycles. The first-order valence-corrected chi connectivity index (χ1v) is 8.06. The molecular formula is C16H22F3IN4O. The van der Waals surface area contributed by atoms with Crippen LogP contribution >= 0.6 is 24.0 Å². The van der Waals surface area contributed by atoms with E-state index in [9.17, 15) is 13.2 Å². The summed E-state index contributed by atoms with van der Waals surface area (Å²) in [7, 11) is 0. The van der Waals surface area contributed by atoms with E-state index >= 15 is 0 Å². The minimum Gasteiger partial charge on any atom is -0.404 e. The van der Waals surface area contributed by atoms with E-state index in [-0.39, 0.29) is 41.4 Å². The molecule has 3 N–H and O–H groups in total. The van der Waals surface area contributed by atoms with Crippen molar-refractivity contribution in [2.45, 2.75) is 31.7 Å². The first-order valence-electron chi connectivity index (χ1n) is 8.06. The van der Waals surface area contributed by atoms with Crippen LogP contribution in [0.5, 0.6) is 5.75 Å². The molecule has 1 aliphatic heterocycles. The summed E-state index contributed by atoms with van der Waals surface area (Å²) in [6.45, 7) is 2.69. The molecule has 9 heteroatoms. The van der Waals surface area contributed by atoms with Crippen molar-refractivity contribution in [2.75, 3.05) is 25.0 Å². The normalized spacial score (nSPS) is 21.7. The lowest BCUT2D eigenvalue weighted by Gasteiger charge is -2.15. The number of para-hydroxylation sites is 2. The average molecular weight is 470 g/mol. The highest BCUT2D eigenvalue weighted by Crippen LogP contribution is 2.32. The second kappa shape index (κ2) is 8.43. The molecule has 1 saturated carbocycles. The lowest BCUT2D eigenvalue weighted by molar-refractivity contribution is -0.274. The van der Waals surface area contributed by atoms with E-state index in [1.165, 1.54) is 31.0 Å². The second-order valence-corrected chi connectivity index (χ2v) is 6.28. The number of rotatable bonds is 5. The fraction of sp³-hybridized carbons (Fsp3) is 0.562. The van der Waals surface area contributed by atoms with Gasteiger partial charge in [-0.2, -0.15) is 0 Å². The maximum absolute atomic E-state index is 12.4. The number of alkyl halides is 3. The average Bonchev–Trinajstić information content (AvgIpc) is 3.25. The molecule has 25 heavy (non-hydrogen) atoms. The SMILES string of the molecule is I.NC(=NCC1CCN(C2CC2)C1)Nc1ccccc1OC(F)(F)F. The maximum atomic E-state index is 12.4. The van der Waals surface area contributed by atoms with Crippen LogP contribution in [-0.2, 0) is 0 Å². The van der Waals surface area contributed by atoms with E-state index in [1.54, 1.807) is 6.07 Å². The highest BCUT2D eigenvalue weighted by molar-refractivity contribution is 14.0. The highest BCUT2D eigenvalue weighted by atomic mass is 127. The molecule has 1 heterocycles. The van der Waals surface area contributed by atoms with E-state index in [0.717, 1.165) is 25.6 Å². The monoisotopic (exact) mass is 470 g/mol. The van der Waals surface area contributed by atoms with Crippen molar-refractivity contribution in [3.05, 3.63) is 24.3 Å². The summed E-state index contributed by atoms with van der Waals surface area (Å²) < 4.78 is 41.2. The zero-order valence-electron chi connectivity index (χ0n) is 13.6. The number of nitrogens with one attached hydrogen (secondary N) is 1. The lowest BCUT2D eigenvalue weighted by atomic mass is 10.1. The molecule has 0 radical (unpaired) electrons. The summed E-state index contributed by atoms with van der Waals surface area (Å²) >= 11 is 0. The summed E-state index contributed by atoms with van der Waals surface area (Å²) in [5.74, 6) is 0.217.